The molecule has 0 N–H and O–H groups in total. The number of ketones is 1. The Hall–Kier alpha value is -3.21. The maximum atomic E-state index is 12.3. The van der Waals surface area contributed by atoms with Crippen molar-refractivity contribution in [3.8, 4) is 17.0 Å². The zero-order chi connectivity index (χ0) is 16.9. The average Bonchev–Trinajstić information content (AvgIpc) is 2.64. The Morgan fingerprint density at radius 3 is 2.38 bits per heavy atom. The Morgan fingerprint density at radius 1 is 1.00 bits per heavy atom. The van der Waals surface area contributed by atoms with Gasteiger partial charge in [-0.05, 0) is 30.3 Å². The van der Waals surface area contributed by atoms with Gasteiger partial charge >= 0.3 is 0 Å². The Labute approximate surface area is 139 Å². The van der Waals surface area contributed by atoms with Crippen molar-refractivity contribution < 1.29 is 9.53 Å². The first-order valence-electron chi connectivity index (χ1n) is 7.48. The Balaban J connectivity index is 1.88. The monoisotopic (exact) mass is 320 g/mol. The van der Waals surface area contributed by atoms with Crippen molar-refractivity contribution in [2.45, 2.75) is 6.54 Å². The van der Waals surface area contributed by atoms with E-state index < -0.39 is 0 Å². The number of benzene rings is 2. The van der Waals surface area contributed by atoms with E-state index in [0.29, 0.717) is 11.3 Å². The molecule has 0 atom stereocenters. The van der Waals surface area contributed by atoms with Crippen LogP contribution in [-0.4, -0.2) is 22.7 Å². The first kappa shape index (κ1) is 15.7. The van der Waals surface area contributed by atoms with Crippen molar-refractivity contribution in [3.05, 3.63) is 82.6 Å². The van der Waals surface area contributed by atoms with Gasteiger partial charge in [0, 0.05) is 17.2 Å². The number of hydrogen-bond donors (Lipinski definition) is 0. The van der Waals surface area contributed by atoms with Gasteiger partial charge in [-0.2, -0.15) is 5.10 Å². The first-order chi connectivity index (χ1) is 11.7. The molecule has 1 heterocycles. The highest BCUT2D eigenvalue weighted by molar-refractivity contribution is 5.95. The summed E-state index contributed by atoms with van der Waals surface area (Å²) in [6.07, 6.45) is 0. The smallest absolute Gasteiger partial charge is 0.267 e. The number of hydrogen-bond acceptors (Lipinski definition) is 4. The number of aromatic nitrogens is 2. The van der Waals surface area contributed by atoms with Crippen molar-refractivity contribution in [2.24, 2.45) is 0 Å². The minimum atomic E-state index is -0.309. The lowest BCUT2D eigenvalue weighted by atomic mass is 10.1. The van der Waals surface area contributed by atoms with E-state index >= 15 is 0 Å². The molecule has 0 aliphatic carbocycles. The number of carbonyl (C=O) groups is 1. The molecule has 3 rings (SSSR count). The summed E-state index contributed by atoms with van der Waals surface area (Å²) in [5, 5.41) is 4.31. The molecular formula is C19H16N2O3. The minimum Gasteiger partial charge on any atom is -0.497 e. The molecule has 1 aromatic heterocycles. The average molecular weight is 320 g/mol. The van der Waals surface area contributed by atoms with Crippen LogP contribution >= 0.6 is 0 Å². The minimum absolute atomic E-state index is 0.0904. The molecule has 0 amide bonds. The fraction of sp³-hybridized carbons (Fsp3) is 0.105. The van der Waals surface area contributed by atoms with Crippen LogP contribution in [0.2, 0.25) is 0 Å². The molecule has 0 fully saturated rings. The fourth-order valence-electron chi connectivity index (χ4n) is 2.33. The highest BCUT2D eigenvalue weighted by Gasteiger charge is 2.10. The number of ether oxygens (including phenoxy) is 1. The van der Waals surface area contributed by atoms with Crippen molar-refractivity contribution in [3.63, 3.8) is 0 Å². The lowest BCUT2D eigenvalue weighted by molar-refractivity contribution is 0.0966. The molecule has 2 aromatic carbocycles. The lowest BCUT2D eigenvalue weighted by Gasteiger charge is -2.07. The molecule has 3 aromatic rings. The van der Waals surface area contributed by atoms with Gasteiger partial charge in [-0.25, -0.2) is 4.68 Å². The highest BCUT2D eigenvalue weighted by Crippen LogP contribution is 2.19. The van der Waals surface area contributed by atoms with E-state index in [1.807, 2.05) is 30.3 Å². The van der Waals surface area contributed by atoms with E-state index in [1.54, 1.807) is 37.4 Å². The zero-order valence-electron chi connectivity index (χ0n) is 13.2. The van der Waals surface area contributed by atoms with Crippen LogP contribution in [0.25, 0.3) is 11.3 Å². The van der Waals surface area contributed by atoms with Crippen LogP contribution in [0, 0.1) is 0 Å². The van der Waals surface area contributed by atoms with E-state index in [2.05, 4.69) is 5.10 Å². The topological polar surface area (TPSA) is 61.2 Å². The molecule has 0 saturated heterocycles. The van der Waals surface area contributed by atoms with Gasteiger partial charge < -0.3 is 4.74 Å². The second-order valence-electron chi connectivity index (χ2n) is 5.23. The molecule has 0 spiro atoms. The molecule has 0 radical (unpaired) electrons. The van der Waals surface area contributed by atoms with Crippen LogP contribution in [0.15, 0.2) is 71.5 Å². The largest absolute Gasteiger partial charge is 0.497 e. The predicted molar refractivity (Wildman–Crippen MR) is 91.3 cm³/mol. The summed E-state index contributed by atoms with van der Waals surface area (Å²) in [6, 6.07) is 19.3. The number of nitrogens with zero attached hydrogens (tertiary/aromatic N) is 2. The van der Waals surface area contributed by atoms with Gasteiger partial charge in [0.1, 0.15) is 12.3 Å². The number of methoxy groups -OCH3 is 1. The molecule has 0 aliphatic heterocycles. The predicted octanol–water partition coefficient (Wildman–Crippen LogP) is 2.80. The van der Waals surface area contributed by atoms with Gasteiger partial charge in [0.2, 0.25) is 0 Å². The summed E-state index contributed by atoms with van der Waals surface area (Å²) in [6.45, 7) is -0.0904. The molecule has 0 unspecified atom stereocenters. The summed E-state index contributed by atoms with van der Waals surface area (Å²) in [5.41, 5.74) is 1.72. The van der Waals surface area contributed by atoms with Crippen LogP contribution in [0.3, 0.4) is 0 Å². The third-order valence-corrected chi connectivity index (χ3v) is 3.64. The van der Waals surface area contributed by atoms with E-state index in [1.165, 1.54) is 10.7 Å². The van der Waals surface area contributed by atoms with Crippen LogP contribution < -0.4 is 10.3 Å². The molecule has 120 valence electrons. The summed E-state index contributed by atoms with van der Waals surface area (Å²) < 4.78 is 6.32. The number of Topliss-reactive ketones (excluding diaryl/α,β-unsaturated/α-hetero) is 1. The van der Waals surface area contributed by atoms with Gasteiger partial charge in [0.25, 0.3) is 5.56 Å². The molecule has 5 nitrogen and oxygen atoms in total. The van der Waals surface area contributed by atoms with E-state index in [-0.39, 0.29) is 17.9 Å². The Morgan fingerprint density at radius 2 is 1.71 bits per heavy atom. The van der Waals surface area contributed by atoms with Crippen molar-refractivity contribution in [1.29, 1.82) is 0 Å². The zero-order valence-corrected chi connectivity index (χ0v) is 13.2. The van der Waals surface area contributed by atoms with Gasteiger partial charge in [-0.1, -0.05) is 30.3 Å². The van der Waals surface area contributed by atoms with Crippen LogP contribution in [-0.2, 0) is 6.54 Å². The second kappa shape index (κ2) is 6.91. The lowest BCUT2D eigenvalue weighted by Crippen LogP contribution is -2.26. The summed E-state index contributed by atoms with van der Waals surface area (Å²) in [5.74, 6) is 0.586. The number of carbonyl (C=O) groups excluding carboxylic acids is 1. The standard InChI is InChI=1S/C19H16N2O3/c1-24-16-9-7-14(8-10-16)17-11-12-19(23)21(20-17)13-18(22)15-5-3-2-4-6-15/h2-12H,13H2,1H3. The third kappa shape index (κ3) is 3.41. The maximum Gasteiger partial charge on any atom is 0.267 e. The Kier molecular flexibility index (Phi) is 4.52. The molecule has 5 heteroatoms. The fourth-order valence-corrected chi connectivity index (χ4v) is 2.33. The van der Waals surface area contributed by atoms with E-state index in [0.717, 1.165) is 11.3 Å². The quantitative estimate of drug-likeness (QED) is 0.678. The number of rotatable bonds is 5. The molecule has 0 saturated carbocycles. The summed E-state index contributed by atoms with van der Waals surface area (Å²) in [7, 11) is 1.60. The van der Waals surface area contributed by atoms with E-state index in [4.69, 9.17) is 4.74 Å². The summed E-state index contributed by atoms with van der Waals surface area (Å²) in [4.78, 5) is 24.3. The first-order valence-corrected chi connectivity index (χ1v) is 7.48. The van der Waals surface area contributed by atoms with Crippen molar-refractivity contribution >= 4 is 5.78 Å². The van der Waals surface area contributed by atoms with Crippen LogP contribution in [0.5, 0.6) is 5.75 Å². The van der Waals surface area contributed by atoms with Crippen molar-refractivity contribution in [1.82, 2.24) is 9.78 Å². The normalized spacial score (nSPS) is 10.4. The van der Waals surface area contributed by atoms with Gasteiger partial charge in [0.05, 0.1) is 12.8 Å². The molecule has 0 bridgehead atoms. The maximum absolute atomic E-state index is 12.3. The second-order valence-corrected chi connectivity index (χ2v) is 5.23. The molecule has 24 heavy (non-hydrogen) atoms. The molecular weight excluding hydrogens is 304 g/mol. The molecule has 0 aliphatic rings. The summed E-state index contributed by atoms with van der Waals surface area (Å²) >= 11 is 0. The van der Waals surface area contributed by atoms with Gasteiger partial charge in [0.15, 0.2) is 5.78 Å². The van der Waals surface area contributed by atoms with Crippen LogP contribution in [0.1, 0.15) is 10.4 Å². The van der Waals surface area contributed by atoms with Crippen LogP contribution in [0.4, 0.5) is 0 Å². The van der Waals surface area contributed by atoms with Gasteiger partial charge in [-0.15, -0.1) is 0 Å². The van der Waals surface area contributed by atoms with Gasteiger partial charge in [-0.3, -0.25) is 9.59 Å². The third-order valence-electron chi connectivity index (χ3n) is 3.64. The Bertz CT molecular complexity index is 900. The highest BCUT2D eigenvalue weighted by atomic mass is 16.5. The SMILES string of the molecule is COc1ccc(-c2ccc(=O)n(CC(=O)c3ccccc3)n2)cc1. The van der Waals surface area contributed by atoms with Crippen molar-refractivity contribution in [2.75, 3.05) is 7.11 Å². The van der Waals surface area contributed by atoms with E-state index in [9.17, 15) is 9.59 Å².